The molecule has 14 nitrogen and oxygen atoms in total. The zero-order valence-corrected chi connectivity index (χ0v) is 25.7. The number of hydrogen-bond acceptors (Lipinski definition) is 9. The summed E-state index contributed by atoms with van der Waals surface area (Å²) in [6.07, 6.45) is 1.09. The van der Waals surface area contributed by atoms with Crippen LogP contribution in [0.15, 0.2) is 36.4 Å². The van der Waals surface area contributed by atoms with E-state index >= 15 is 0 Å². The van der Waals surface area contributed by atoms with Gasteiger partial charge in [0.25, 0.3) is 11.8 Å². The minimum atomic E-state index is -1.25. The average molecular weight is 652 g/mol. The summed E-state index contributed by atoms with van der Waals surface area (Å²) in [5.74, 6) is 6.45. The summed E-state index contributed by atoms with van der Waals surface area (Å²) in [7, 11) is 0. The summed E-state index contributed by atoms with van der Waals surface area (Å²) in [5, 5.41) is 29.1. The molecule has 244 valence electrons. The molecule has 48 heavy (non-hydrogen) atoms. The van der Waals surface area contributed by atoms with Crippen LogP contribution in [-0.2, 0) is 37.1 Å². The number of carboxylic acid groups (broad SMARTS) is 1. The van der Waals surface area contributed by atoms with E-state index in [4.69, 9.17) is 15.5 Å². The molecule has 0 bridgehead atoms. The number of aliphatic hydroxyl groups excluding tert-OH is 1. The number of hydrogen-bond donors (Lipinski definition) is 4. The van der Waals surface area contributed by atoms with E-state index in [1.165, 1.54) is 22.8 Å². The largest absolute Gasteiger partial charge is 0.472 e. The van der Waals surface area contributed by atoms with E-state index in [0.29, 0.717) is 41.6 Å². The van der Waals surface area contributed by atoms with Crippen LogP contribution in [0.1, 0.15) is 75.6 Å². The predicted molar refractivity (Wildman–Crippen MR) is 165 cm³/mol. The summed E-state index contributed by atoms with van der Waals surface area (Å²) >= 11 is 0. The van der Waals surface area contributed by atoms with Crippen LogP contribution >= 0.6 is 0 Å². The highest BCUT2D eigenvalue weighted by atomic mass is 16.4. The van der Waals surface area contributed by atoms with E-state index in [1.54, 1.807) is 36.4 Å². The lowest BCUT2D eigenvalue weighted by Gasteiger charge is -2.29. The van der Waals surface area contributed by atoms with Crippen LogP contribution in [0.3, 0.4) is 0 Å². The van der Waals surface area contributed by atoms with Crippen molar-refractivity contribution in [3.8, 4) is 29.8 Å². The van der Waals surface area contributed by atoms with Crippen molar-refractivity contribution in [2.75, 3.05) is 6.61 Å². The Balaban J connectivity index is 0.000000201. The Morgan fingerprint density at radius 3 is 1.65 bits per heavy atom. The number of nitrogens with zero attached hydrogens (tertiary/aromatic N) is 3. The van der Waals surface area contributed by atoms with Gasteiger partial charge >= 0.3 is 5.97 Å². The molecule has 4 aliphatic rings. The molecule has 2 unspecified atom stereocenters. The van der Waals surface area contributed by atoms with Gasteiger partial charge in [0.05, 0.1) is 6.07 Å². The molecule has 2 aromatic rings. The Hall–Kier alpha value is -6.30. The lowest BCUT2D eigenvalue weighted by Crippen LogP contribution is -2.52. The monoisotopic (exact) mass is 651 g/mol. The third kappa shape index (κ3) is 7.91. The molecular formula is C34H29N5O9. The lowest BCUT2D eigenvalue weighted by molar-refractivity contribution is -0.138. The van der Waals surface area contributed by atoms with Gasteiger partial charge in [-0.05, 0) is 48.2 Å². The van der Waals surface area contributed by atoms with Gasteiger partial charge in [-0.15, -0.1) is 0 Å². The highest BCUT2D eigenvalue weighted by Gasteiger charge is 2.40. The van der Waals surface area contributed by atoms with Crippen LogP contribution in [0.25, 0.3) is 0 Å². The maximum Gasteiger partial charge on any atom is 0.382 e. The molecule has 2 fully saturated rings. The molecule has 4 aliphatic heterocycles. The van der Waals surface area contributed by atoms with Crippen molar-refractivity contribution in [1.29, 1.82) is 5.26 Å². The van der Waals surface area contributed by atoms with Crippen LogP contribution in [0.2, 0.25) is 0 Å². The van der Waals surface area contributed by atoms with E-state index < -0.39 is 29.9 Å². The van der Waals surface area contributed by atoms with Crippen LogP contribution in [-0.4, -0.2) is 80.1 Å². The minimum absolute atomic E-state index is 0.200. The molecule has 0 aliphatic carbocycles. The summed E-state index contributed by atoms with van der Waals surface area (Å²) in [4.78, 5) is 84.7. The Morgan fingerprint density at radius 2 is 1.25 bits per heavy atom. The van der Waals surface area contributed by atoms with Crippen LogP contribution in [0, 0.1) is 35.0 Å². The van der Waals surface area contributed by atoms with Gasteiger partial charge in [-0.3, -0.25) is 39.4 Å². The number of nitrogens with one attached hydrogen (secondary N) is 2. The van der Waals surface area contributed by atoms with Crippen LogP contribution in [0.4, 0.5) is 0 Å². The molecule has 14 heteroatoms. The van der Waals surface area contributed by atoms with Gasteiger partial charge in [-0.2, -0.15) is 5.26 Å². The molecule has 4 N–H and O–H groups in total. The van der Waals surface area contributed by atoms with Crippen molar-refractivity contribution >= 4 is 41.4 Å². The quantitative estimate of drug-likeness (QED) is 0.256. The number of carbonyl (C=O) groups is 7. The second-order valence-corrected chi connectivity index (χ2v) is 10.8. The molecule has 2 aromatic carbocycles. The van der Waals surface area contributed by atoms with Gasteiger partial charge in [0, 0.05) is 61.0 Å². The fraction of sp³-hybridized carbons (Fsp3) is 0.294. The fourth-order valence-corrected chi connectivity index (χ4v) is 5.53. The van der Waals surface area contributed by atoms with Crippen molar-refractivity contribution in [3.05, 3.63) is 69.8 Å². The molecule has 0 saturated carbocycles. The number of aliphatic hydroxyl groups is 1. The summed E-state index contributed by atoms with van der Waals surface area (Å²) in [5.41, 5.74) is 3.59. The van der Waals surface area contributed by atoms with Crippen LogP contribution < -0.4 is 10.6 Å². The molecule has 0 aromatic heterocycles. The number of rotatable bonds is 2. The highest BCUT2D eigenvalue weighted by molar-refractivity contribution is 6.06. The Labute approximate surface area is 274 Å². The SMILES string of the molecule is CC#N.O=C(O)C#Cc1ccc2c(c1)C(=O)N(C1CCC(=O)NC1=O)C2.O=C1CCC(N2Cc3ccc(C#CCO)cc3C2=O)C(=O)N1. The molecule has 6 amide bonds. The first kappa shape index (κ1) is 34.6. The number of carbonyl (C=O) groups excluding carboxylic acids is 6. The number of benzene rings is 2. The molecule has 0 radical (unpaired) electrons. The smallest absolute Gasteiger partial charge is 0.382 e. The average Bonchev–Trinajstić information content (AvgIpc) is 3.55. The minimum Gasteiger partial charge on any atom is -0.472 e. The maximum atomic E-state index is 12.5. The molecule has 2 saturated heterocycles. The third-order valence-electron chi connectivity index (χ3n) is 7.68. The highest BCUT2D eigenvalue weighted by Crippen LogP contribution is 2.29. The second kappa shape index (κ2) is 15.3. The Kier molecular flexibility index (Phi) is 11.0. The fourth-order valence-electron chi connectivity index (χ4n) is 5.53. The lowest BCUT2D eigenvalue weighted by atomic mass is 10.0. The first-order valence-electron chi connectivity index (χ1n) is 14.7. The van der Waals surface area contributed by atoms with E-state index in [9.17, 15) is 33.6 Å². The molecule has 6 rings (SSSR count). The second-order valence-electron chi connectivity index (χ2n) is 10.8. The molecule has 2 atom stereocenters. The molecular weight excluding hydrogens is 622 g/mol. The van der Waals surface area contributed by atoms with Crippen LogP contribution in [0.5, 0.6) is 0 Å². The number of nitriles is 1. The summed E-state index contributed by atoms with van der Waals surface area (Å²) in [6.45, 7) is 1.83. The van der Waals surface area contributed by atoms with E-state index in [-0.39, 0.29) is 49.6 Å². The standard InChI is InChI=1S/C16H12N2O5.C16H14N2O4.C2H3N/c19-13-5-4-12(15(22)17-13)18-8-10-3-1-9(2-6-14(20)21)7-11(10)16(18)23;19-7-1-2-10-3-4-11-9-18(16(22)12(11)8-10)13-5-6-14(20)17-15(13)21;1-2-3/h1,3,7,12H,4-5,8H2,(H,20,21)(H,17,19,22);3-4,8,13,19H,5-7,9H2,(H,17,20,21);1H3. The van der Waals surface area contributed by atoms with Gasteiger partial charge in [0.2, 0.25) is 23.6 Å². The van der Waals surface area contributed by atoms with E-state index in [0.717, 1.165) is 11.1 Å². The van der Waals surface area contributed by atoms with Crippen molar-refractivity contribution < 1.29 is 43.8 Å². The zero-order valence-electron chi connectivity index (χ0n) is 25.7. The summed E-state index contributed by atoms with van der Waals surface area (Å²) in [6, 6.07) is 10.6. The number of imide groups is 2. The molecule has 4 heterocycles. The van der Waals surface area contributed by atoms with Gasteiger partial charge in [-0.25, -0.2) is 4.79 Å². The van der Waals surface area contributed by atoms with Gasteiger partial charge < -0.3 is 20.0 Å². The first-order valence-corrected chi connectivity index (χ1v) is 14.7. The summed E-state index contributed by atoms with van der Waals surface area (Å²) < 4.78 is 0. The third-order valence-corrected chi connectivity index (χ3v) is 7.68. The van der Waals surface area contributed by atoms with Gasteiger partial charge in [-0.1, -0.05) is 29.9 Å². The topological polar surface area (TPSA) is 214 Å². The molecule has 0 spiro atoms. The number of carboxylic acids is 1. The normalized spacial score (nSPS) is 18.9. The number of aliphatic carboxylic acids is 1. The number of fused-ring (bicyclic) bond motifs is 2. The Morgan fingerprint density at radius 1 is 0.812 bits per heavy atom. The van der Waals surface area contributed by atoms with E-state index in [1.807, 2.05) is 5.92 Å². The van der Waals surface area contributed by atoms with E-state index in [2.05, 4.69) is 28.4 Å². The van der Waals surface area contributed by atoms with Crippen molar-refractivity contribution in [3.63, 3.8) is 0 Å². The maximum absolute atomic E-state index is 12.5. The predicted octanol–water partition coefficient (Wildman–Crippen LogP) is 0.205. The number of amides is 6. The van der Waals surface area contributed by atoms with Crippen molar-refractivity contribution in [2.24, 2.45) is 0 Å². The van der Waals surface area contributed by atoms with Crippen molar-refractivity contribution in [2.45, 2.75) is 57.8 Å². The zero-order chi connectivity index (χ0) is 35.0. The Bertz CT molecular complexity index is 1890. The van der Waals surface area contributed by atoms with Gasteiger partial charge in [0.1, 0.15) is 18.7 Å². The van der Waals surface area contributed by atoms with Crippen molar-refractivity contribution in [1.82, 2.24) is 20.4 Å². The first-order chi connectivity index (χ1) is 23.0. The van der Waals surface area contributed by atoms with Gasteiger partial charge in [0.15, 0.2) is 0 Å². The number of piperidine rings is 2.